The Bertz CT molecular complexity index is 806. The fourth-order valence-corrected chi connectivity index (χ4v) is 5.06. The van der Waals surface area contributed by atoms with Crippen molar-refractivity contribution in [1.29, 1.82) is 0 Å². The van der Waals surface area contributed by atoms with Crippen LogP contribution in [-0.2, 0) is 4.74 Å². The van der Waals surface area contributed by atoms with Crippen molar-refractivity contribution < 1.29 is 13.9 Å². The third kappa shape index (κ3) is 4.08. The van der Waals surface area contributed by atoms with Crippen molar-refractivity contribution in [3.05, 3.63) is 36.1 Å². The summed E-state index contributed by atoms with van der Waals surface area (Å²) in [6, 6.07) is 9.71. The lowest BCUT2D eigenvalue weighted by atomic mass is 9.71. The molecule has 0 unspecified atom stereocenters. The molecule has 156 valence electrons. The van der Waals surface area contributed by atoms with E-state index in [0.717, 1.165) is 50.1 Å². The van der Waals surface area contributed by atoms with Crippen molar-refractivity contribution in [2.75, 3.05) is 39.3 Å². The van der Waals surface area contributed by atoms with E-state index in [4.69, 9.17) is 9.15 Å². The second-order valence-electron chi connectivity index (χ2n) is 9.21. The highest BCUT2D eigenvalue weighted by molar-refractivity contribution is 5.96. The highest BCUT2D eigenvalue weighted by atomic mass is 16.5. The first-order chi connectivity index (χ1) is 14.2. The van der Waals surface area contributed by atoms with Crippen molar-refractivity contribution in [1.82, 2.24) is 9.80 Å². The van der Waals surface area contributed by atoms with Crippen LogP contribution in [0.3, 0.4) is 0 Å². The molecule has 5 nitrogen and oxygen atoms in total. The van der Waals surface area contributed by atoms with Crippen LogP contribution in [0.4, 0.5) is 0 Å². The minimum atomic E-state index is 0.0432. The van der Waals surface area contributed by atoms with Gasteiger partial charge in [-0.15, -0.1) is 0 Å². The van der Waals surface area contributed by atoms with Gasteiger partial charge < -0.3 is 19.0 Å². The quantitative estimate of drug-likeness (QED) is 0.755. The molecule has 5 heteroatoms. The predicted molar refractivity (Wildman–Crippen MR) is 113 cm³/mol. The van der Waals surface area contributed by atoms with Gasteiger partial charge in [0, 0.05) is 25.0 Å². The summed E-state index contributed by atoms with van der Waals surface area (Å²) < 4.78 is 11.7. The molecule has 3 heterocycles. The maximum Gasteiger partial charge on any atom is 0.289 e. The van der Waals surface area contributed by atoms with Gasteiger partial charge in [0.2, 0.25) is 0 Å². The van der Waals surface area contributed by atoms with Crippen LogP contribution in [0.25, 0.3) is 11.0 Å². The number of carbonyl (C=O) groups excluding carboxylic acids is 1. The Hall–Kier alpha value is -1.85. The Morgan fingerprint density at radius 2 is 1.79 bits per heavy atom. The van der Waals surface area contributed by atoms with E-state index in [9.17, 15) is 4.79 Å². The van der Waals surface area contributed by atoms with Crippen molar-refractivity contribution in [3.8, 4) is 0 Å². The van der Waals surface area contributed by atoms with Gasteiger partial charge in [-0.3, -0.25) is 4.79 Å². The number of nitrogens with zero attached hydrogens (tertiary/aromatic N) is 2. The first-order valence-electron chi connectivity index (χ1n) is 11.3. The number of fused-ring (bicyclic) bond motifs is 1. The van der Waals surface area contributed by atoms with Gasteiger partial charge in [0.25, 0.3) is 5.91 Å². The molecule has 3 fully saturated rings. The maximum atomic E-state index is 12.9. The van der Waals surface area contributed by atoms with Crippen LogP contribution in [0.2, 0.25) is 0 Å². The molecule has 0 radical (unpaired) electrons. The lowest BCUT2D eigenvalue weighted by molar-refractivity contribution is -0.0196. The number of furan rings is 1. The zero-order valence-electron chi connectivity index (χ0n) is 17.3. The van der Waals surface area contributed by atoms with Gasteiger partial charge in [-0.2, -0.15) is 0 Å². The molecule has 2 saturated heterocycles. The minimum absolute atomic E-state index is 0.0432. The topological polar surface area (TPSA) is 45.9 Å². The summed E-state index contributed by atoms with van der Waals surface area (Å²) in [7, 11) is 0. The number of para-hydroxylation sites is 1. The normalized spacial score (nSPS) is 22.8. The van der Waals surface area contributed by atoms with Gasteiger partial charge in [0.15, 0.2) is 5.76 Å². The van der Waals surface area contributed by atoms with E-state index in [0.29, 0.717) is 17.3 Å². The lowest BCUT2D eigenvalue weighted by Gasteiger charge is -2.46. The molecule has 2 aromatic rings. The predicted octanol–water partition coefficient (Wildman–Crippen LogP) is 4.32. The van der Waals surface area contributed by atoms with Crippen LogP contribution in [0.15, 0.2) is 34.7 Å². The summed E-state index contributed by atoms with van der Waals surface area (Å²) in [5.74, 6) is 0.519. The number of piperidine rings is 2. The summed E-state index contributed by atoms with van der Waals surface area (Å²) in [5, 5.41) is 0.998. The molecule has 2 aliphatic heterocycles. The van der Waals surface area contributed by atoms with Crippen molar-refractivity contribution in [3.63, 3.8) is 0 Å². The second kappa shape index (κ2) is 8.11. The van der Waals surface area contributed by atoms with Gasteiger partial charge in [-0.25, -0.2) is 0 Å². The molecule has 3 aliphatic rings. The van der Waals surface area contributed by atoms with Gasteiger partial charge in [-0.1, -0.05) is 18.2 Å². The average Bonchev–Trinajstić information content (AvgIpc) is 3.16. The molecule has 0 bridgehead atoms. The molecule has 1 saturated carbocycles. The molecule has 0 N–H and O–H groups in total. The zero-order chi connectivity index (χ0) is 19.7. The zero-order valence-corrected chi connectivity index (χ0v) is 17.3. The van der Waals surface area contributed by atoms with Gasteiger partial charge in [-0.05, 0) is 75.6 Å². The molecule has 0 atom stereocenters. The largest absolute Gasteiger partial charge is 0.451 e. The van der Waals surface area contributed by atoms with Crippen LogP contribution in [-0.4, -0.2) is 61.1 Å². The van der Waals surface area contributed by atoms with Crippen molar-refractivity contribution >= 4 is 16.9 Å². The van der Waals surface area contributed by atoms with Crippen LogP contribution in [0.5, 0.6) is 0 Å². The van der Waals surface area contributed by atoms with Gasteiger partial charge in [0.1, 0.15) is 5.58 Å². The van der Waals surface area contributed by atoms with E-state index in [1.54, 1.807) is 0 Å². The van der Waals surface area contributed by atoms with Crippen LogP contribution in [0.1, 0.15) is 55.5 Å². The van der Waals surface area contributed by atoms with Crippen LogP contribution < -0.4 is 0 Å². The van der Waals surface area contributed by atoms with E-state index in [2.05, 4.69) is 4.90 Å². The average molecular weight is 397 g/mol. The molecule has 1 spiro atoms. The maximum absolute atomic E-state index is 12.9. The van der Waals surface area contributed by atoms with Crippen molar-refractivity contribution in [2.24, 2.45) is 5.41 Å². The molecule has 1 aromatic carbocycles. The third-order valence-electron chi connectivity index (χ3n) is 7.48. The molecule has 1 aromatic heterocycles. The fourth-order valence-electron chi connectivity index (χ4n) is 5.06. The number of likely N-dealkylation sites (tertiary alicyclic amines) is 2. The van der Waals surface area contributed by atoms with Gasteiger partial charge in [0.05, 0.1) is 12.7 Å². The number of amides is 1. The van der Waals surface area contributed by atoms with E-state index in [-0.39, 0.29) is 5.91 Å². The van der Waals surface area contributed by atoms with E-state index >= 15 is 0 Å². The molecular weight excluding hydrogens is 364 g/mol. The number of benzene rings is 1. The smallest absolute Gasteiger partial charge is 0.289 e. The standard InChI is InChI=1S/C24H32N2O3/c27-23(22-18-19-4-1-2-7-21(19)29-22)26-14-10-24(11-15-26)8-12-25(13-9-24)16-17-28-20-5-3-6-20/h1-2,4,7,18,20H,3,5-6,8-17H2. The van der Waals surface area contributed by atoms with Crippen LogP contribution >= 0.6 is 0 Å². The Labute approximate surface area is 173 Å². The SMILES string of the molecule is O=C(c1cc2ccccc2o1)N1CCC2(CCN(CCOC3CCC3)CC2)CC1. The Morgan fingerprint density at radius 1 is 1.07 bits per heavy atom. The number of carbonyl (C=O) groups is 1. The highest BCUT2D eigenvalue weighted by Gasteiger charge is 2.39. The molecule has 29 heavy (non-hydrogen) atoms. The monoisotopic (exact) mass is 396 g/mol. The number of hydrogen-bond donors (Lipinski definition) is 0. The Morgan fingerprint density at radius 3 is 2.48 bits per heavy atom. The number of rotatable bonds is 5. The lowest BCUT2D eigenvalue weighted by Crippen LogP contribution is -2.48. The molecule has 5 rings (SSSR count). The highest BCUT2D eigenvalue weighted by Crippen LogP contribution is 2.41. The van der Waals surface area contributed by atoms with Crippen LogP contribution in [0, 0.1) is 5.41 Å². The van der Waals surface area contributed by atoms with Gasteiger partial charge >= 0.3 is 0 Å². The summed E-state index contributed by atoms with van der Waals surface area (Å²) in [6.07, 6.45) is 9.13. The fraction of sp³-hybridized carbons (Fsp3) is 0.625. The van der Waals surface area contributed by atoms with E-state index in [1.165, 1.54) is 45.2 Å². The Balaban J connectivity index is 1.10. The summed E-state index contributed by atoms with van der Waals surface area (Å²) in [5.41, 5.74) is 1.22. The van der Waals surface area contributed by atoms with Crippen molar-refractivity contribution in [2.45, 2.75) is 51.0 Å². The van der Waals surface area contributed by atoms with E-state index in [1.807, 2.05) is 35.2 Å². The number of ether oxygens (including phenoxy) is 1. The third-order valence-corrected chi connectivity index (χ3v) is 7.48. The second-order valence-corrected chi connectivity index (χ2v) is 9.21. The Kier molecular flexibility index (Phi) is 5.35. The summed E-state index contributed by atoms with van der Waals surface area (Å²) in [6.45, 7) is 6.00. The van der Waals surface area contributed by atoms with E-state index < -0.39 is 0 Å². The molecular formula is C24H32N2O3. The first-order valence-corrected chi connectivity index (χ1v) is 11.3. The number of hydrogen-bond acceptors (Lipinski definition) is 4. The summed E-state index contributed by atoms with van der Waals surface area (Å²) in [4.78, 5) is 17.5. The minimum Gasteiger partial charge on any atom is -0.451 e. The first kappa shape index (κ1) is 19.1. The molecule has 1 aliphatic carbocycles. The molecule has 1 amide bonds. The summed E-state index contributed by atoms with van der Waals surface area (Å²) >= 11 is 0.